The van der Waals surface area contributed by atoms with Crippen LogP contribution in [-0.2, 0) is 6.42 Å². The van der Waals surface area contributed by atoms with Crippen LogP contribution in [0.4, 0.5) is 19.6 Å². The van der Waals surface area contributed by atoms with E-state index in [4.69, 9.17) is 11.5 Å². The van der Waals surface area contributed by atoms with Gasteiger partial charge in [-0.15, -0.1) is 11.3 Å². The Hall–Kier alpha value is -4.54. The van der Waals surface area contributed by atoms with Crippen molar-refractivity contribution in [2.24, 2.45) is 0 Å². The first-order valence-electron chi connectivity index (χ1n) is 11.0. The minimum Gasteiger partial charge on any atom is -0.389 e. The van der Waals surface area contributed by atoms with E-state index in [2.05, 4.69) is 4.98 Å². The monoisotopic (exact) mass is 500 g/mol. The van der Waals surface area contributed by atoms with Gasteiger partial charge in [-0.25, -0.2) is 13.8 Å². The van der Waals surface area contributed by atoms with Crippen molar-refractivity contribution in [2.45, 2.75) is 19.4 Å². The minimum atomic E-state index is -0.824. The van der Waals surface area contributed by atoms with E-state index in [1.54, 1.807) is 23.2 Å². The molecule has 4 aromatic rings. The van der Waals surface area contributed by atoms with Gasteiger partial charge in [-0.3, -0.25) is 4.79 Å². The lowest BCUT2D eigenvalue weighted by Gasteiger charge is -2.35. The number of anilines is 2. The predicted octanol–water partition coefficient (Wildman–Crippen LogP) is 4.91. The number of carbonyl (C=O) groups excluding carboxylic acids is 1. The van der Waals surface area contributed by atoms with E-state index in [9.17, 15) is 19.7 Å². The predicted molar refractivity (Wildman–Crippen MR) is 133 cm³/mol. The fraction of sp³-hybridized carbons (Fsp3) is 0.154. The smallest absolute Gasteiger partial charge is 0.254 e. The average molecular weight is 501 g/mol. The normalized spacial score (nSPS) is 13.8. The number of fused-ring (bicyclic) bond motifs is 2. The number of rotatable bonds is 3. The zero-order chi connectivity index (χ0) is 25.7. The van der Waals surface area contributed by atoms with Crippen molar-refractivity contribution in [3.05, 3.63) is 76.0 Å². The van der Waals surface area contributed by atoms with Gasteiger partial charge in [0, 0.05) is 34.8 Å². The second-order valence-corrected chi connectivity index (χ2v) is 9.45. The van der Waals surface area contributed by atoms with Crippen LogP contribution in [0.5, 0.6) is 0 Å². The molecule has 0 fully saturated rings. The maximum atomic E-state index is 15.7. The van der Waals surface area contributed by atoms with E-state index < -0.39 is 23.6 Å². The lowest BCUT2D eigenvalue weighted by atomic mass is 9.86. The van der Waals surface area contributed by atoms with Gasteiger partial charge in [-0.1, -0.05) is 12.1 Å². The highest BCUT2D eigenvalue weighted by Gasteiger charge is 2.34. The number of amides is 1. The molecule has 7 nitrogen and oxygen atoms in total. The number of benzene rings is 2. The summed E-state index contributed by atoms with van der Waals surface area (Å²) in [5, 5.41) is 19.9. The number of nitrogens with two attached hydrogens (primary N) is 2. The number of nitrogen functional groups attached to an aromatic ring is 2. The van der Waals surface area contributed by atoms with Crippen molar-refractivity contribution < 1.29 is 13.6 Å². The molecule has 4 N–H and O–H groups in total. The number of hydrogen-bond donors (Lipinski definition) is 2. The van der Waals surface area contributed by atoms with E-state index in [1.165, 1.54) is 6.07 Å². The molecule has 0 bridgehead atoms. The molecule has 0 saturated heterocycles. The molecule has 0 spiro atoms. The molecule has 1 aliphatic heterocycles. The first-order valence-corrected chi connectivity index (χ1v) is 11.8. The molecule has 2 aromatic carbocycles. The van der Waals surface area contributed by atoms with E-state index in [1.807, 2.05) is 19.1 Å². The van der Waals surface area contributed by atoms with Crippen molar-refractivity contribution in [2.75, 3.05) is 18.0 Å². The molecule has 10 heteroatoms. The lowest BCUT2D eigenvalue weighted by molar-refractivity contribution is 0.0672. The Morgan fingerprint density at radius 3 is 2.56 bits per heavy atom. The zero-order valence-corrected chi connectivity index (χ0v) is 19.8. The van der Waals surface area contributed by atoms with E-state index >= 15 is 4.39 Å². The van der Waals surface area contributed by atoms with E-state index in [0.717, 1.165) is 23.5 Å². The summed E-state index contributed by atoms with van der Waals surface area (Å²) in [6.45, 7) is 2.08. The fourth-order valence-corrected chi connectivity index (χ4v) is 5.80. The van der Waals surface area contributed by atoms with Crippen LogP contribution in [0, 0.1) is 34.3 Å². The van der Waals surface area contributed by atoms with E-state index in [-0.39, 0.29) is 49.4 Å². The lowest BCUT2D eigenvalue weighted by Crippen LogP contribution is -2.40. The second kappa shape index (κ2) is 8.59. The summed E-state index contributed by atoms with van der Waals surface area (Å²) in [4.78, 5) is 19.1. The Bertz CT molecular complexity index is 1670. The largest absolute Gasteiger partial charge is 0.389 e. The average Bonchev–Trinajstić information content (AvgIpc) is 3.21. The Labute approximate surface area is 208 Å². The topological polar surface area (TPSA) is 133 Å². The van der Waals surface area contributed by atoms with Crippen LogP contribution in [0.1, 0.15) is 45.6 Å². The summed E-state index contributed by atoms with van der Waals surface area (Å²) < 4.78 is 30.3. The number of hydrogen-bond acceptors (Lipinski definition) is 7. The number of nitriles is 2. The molecule has 3 heterocycles. The molecule has 36 heavy (non-hydrogen) atoms. The number of carbonyl (C=O) groups is 1. The Kier molecular flexibility index (Phi) is 5.54. The summed E-state index contributed by atoms with van der Waals surface area (Å²) in [6.07, 6.45) is 1.85. The molecular formula is C26H18F2N6OS. The highest BCUT2D eigenvalue weighted by Crippen LogP contribution is 2.44. The SMILES string of the molecule is C[C@H](c1cccnc1N)N1CCc2c(cc(F)c(-c3ccc(F)c4sc(N)c(C#N)c34)c2C#N)C1=O. The number of nitrogens with zero attached hydrogens (tertiary/aromatic N) is 4. The molecule has 0 saturated carbocycles. The highest BCUT2D eigenvalue weighted by atomic mass is 32.1. The Morgan fingerprint density at radius 2 is 1.86 bits per heavy atom. The third kappa shape index (κ3) is 3.35. The van der Waals surface area contributed by atoms with Gasteiger partial charge in [-0.05, 0) is 42.7 Å². The summed E-state index contributed by atoms with van der Waals surface area (Å²) in [7, 11) is 0. The maximum Gasteiger partial charge on any atom is 0.254 e. The van der Waals surface area contributed by atoms with Crippen LogP contribution in [0.2, 0.25) is 0 Å². The van der Waals surface area contributed by atoms with Crippen LogP contribution >= 0.6 is 11.3 Å². The van der Waals surface area contributed by atoms with Gasteiger partial charge < -0.3 is 16.4 Å². The molecule has 1 atom stereocenters. The quantitative estimate of drug-likeness (QED) is 0.411. The Morgan fingerprint density at radius 1 is 1.11 bits per heavy atom. The summed E-state index contributed by atoms with van der Waals surface area (Å²) in [5.41, 5.74) is 13.2. The highest BCUT2D eigenvalue weighted by molar-refractivity contribution is 7.23. The molecule has 5 rings (SSSR count). The Balaban J connectivity index is 1.68. The van der Waals surface area contributed by atoms with Gasteiger partial charge in [0.2, 0.25) is 0 Å². The standard InChI is InChI=1S/C26H18F2N6OS/c1-12(13-3-2-7-33-24(13)31)34-8-6-14-16(26(34)35)9-20(28)21(17(14)10-29)15-4-5-19(27)23-22(15)18(11-30)25(32)36-23/h2-5,7,9,12H,6,8,32H2,1H3,(H2,31,33)/t12-/m1/s1. The number of pyridine rings is 1. The molecule has 0 radical (unpaired) electrons. The first kappa shape index (κ1) is 23.2. The zero-order valence-electron chi connectivity index (χ0n) is 19.0. The molecule has 178 valence electrons. The van der Waals surface area contributed by atoms with Crippen molar-refractivity contribution in [1.29, 1.82) is 10.5 Å². The van der Waals surface area contributed by atoms with Crippen LogP contribution in [0.15, 0.2) is 36.5 Å². The van der Waals surface area contributed by atoms with Gasteiger partial charge in [-0.2, -0.15) is 10.5 Å². The molecular weight excluding hydrogens is 482 g/mol. The van der Waals surface area contributed by atoms with Gasteiger partial charge >= 0.3 is 0 Å². The number of halogens is 2. The summed E-state index contributed by atoms with van der Waals surface area (Å²) in [6, 6.07) is 10.7. The van der Waals surface area contributed by atoms with Gasteiger partial charge in [0.05, 0.1) is 21.9 Å². The van der Waals surface area contributed by atoms with E-state index in [0.29, 0.717) is 23.4 Å². The van der Waals surface area contributed by atoms with Crippen LogP contribution in [0.25, 0.3) is 21.2 Å². The summed E-state index contributed by atoms with van der Waals surface area (Å²) >= 11 is 0.889. The minimum absolute atomic E-state index is 0.0203. The third-order valence-corrected chi connectivity index (χ3v) is 7.61. The molecule has 1 aliphatic rings. The van der Waals surface area contributed by atoms with Gasteiger partial charge in [0.25, 0.3) is 5.91 Å². The second-order valence-electron chi connectivity index (χ2n) is 8.40. The summed E-state index contributed by atoms with van der Waals surface area (Å²) in [5.74, 6) is -1.56. The van der Waals surface area contributed by atoms with Gasteiger partial charge in [0.1, 0.15) is 34.6 Å². The number of aromatic nitrogens is 1. The van der Waals surface area contributed by atoms with Crippen LogP contribution in [0.3, 0.4) is 0 Å². The van der Waals surface area contributed by atoms with Crippen molar-refractivity contribution in [3.63, 3.8) is 0 Å². The van der Waals surface area contributed by atoms with Crippen molar-refractivity contribution in [1.82, 2.24) is 9.88 Å². The third-order valence-electron chi connectivity index (χ3n) is 6.58. The van der Waals surface area contributed by atoms with Crippen LogP contribution < -0.4 is 11.5 Å². The first-order chi connectivity index (χ1) is 17.3. The molecule has 0 aliphatic carbocycles. The number of thiophene rings is 1. The van der Waals surface area contributed by atoms with Crippen LogP contribution in [-0.4, -0.2) is 22.3 Å². The molecule has 0 unspecified atom stereocenters. The van der Waals surface area contributed by atoms with Gasteiger partial charge in [0.15, 0.2) is 0 Å². The van der Waals surface area contributed by atoms with Crippen molar-refractivity contribution >= 4 is 38.1 Å². The molecule has 2 aromatic heterocycles. The van der Waals surface area contributed by atoms with Crippen molar-refractivity contribution in [3.8, 4) is 23.3 Å². The molecule has 1 amide bonds. The fourth-order valence-electron chi connectivity index (χ4n) is 4.85. The maximum absolute atomic E-state index is 15.7.